The fraction of sp³-hybridized carbons (Fsp3) is 0.318. The molecule has 1 aromatic heterocycles. The third kappa shape index (κ3) is 4.57. The van der Waals surface area contributed by atoms with Crippen molar-refractivity contribution >= 4 is 21.4 Å². The number of methoxy groups -OCH3 is 1. The van der Waals surface area contributed by atoms with Gasteiger partial charge in [0, 0.05) is 37.1 Å². The average Bonchev–Trinajstić information content (AvgIpc) is 3.23. The van der Waals surface area contributed by atoms with E-state index < -0.39 is 10.0 Å². The average molecular weight is 444 g/mol. The van der Waals surface area contributed by atoms with Gasteiger partial charge in [-0.25, -0.2) is 13.4 Å². The molecule has 6 nitrogen and oxygen atoms in total. The smallest absolute Gasteiger partial charge is 0.243 e. The van der Waals surface area contributed by atoms with Crippen LogP contribution in [0.5, 0.6) is 5.75 Å². The van der Waals surface area contributed by atoms with Crippen molar-refractivity contribution in [2.45, 2.75) is 18.4 Å². The Kier molecular flexibility index (Phi) is 6.19. The number of sulfonamides is 1. The zero-order chi connectivity index (χ0) is 21.1. The highest BCUT2D eigenvalue weighted by atomic mass is 32.2. The molecule has 0 spiro atoms. The molecule has 1 aliphatic heterocycles. The first-order valence-electron chi connectivity index (χ1n) is 9.84. The molecule has 0 amide bonds. The maximum atomic E-state index is 12.9. The van der Waals surface area contributed by atoms with E-state index in [-0.39, 0.29) is 0 Å². The van der Waals surface area contributed by atoms with Crippen molar-refractivity contribution in [1.29, 1.82) is 0 Å². The van der Waals surface area contributed by atoms with E-state index in [2.05, 4.69) is 10.3 Å². The van der Waals surface area contributed by atoms with Crippen molar-refractivity contribution in [3.8, 4) is 17.0 Å². The van der Waals surface area contributed by atoms with E-state index in [1.54, 1.807) is 34.9 Å². The summed E-state index contributed by atoms with van der Waals surface area (Å²) < 4.78 is 32.5. The fourth-order valence-corrected chi connectivity index (χ4v) is 5.72. The first-order chi connectivity index (χ1) is 14.5. The van der Waals surface area contributed by atoms with E-state index in [0.717, 1.165) is 34.1 Å². The highest BCUT2D eigenvalue weighted by molar-refractivity contribution is 7.89. The van der Waals surface area contributed by atoms with Crippen LogP contribution in [0.3, 0.4) is 0 Å². The van der Waals surface area contributed by atoms with E-state index in [1.807, 2.05) is 43.3 Å². The largest absolute Gasteiger partial charge is 0.497 e. The summed E-state index contributed by atoms with van der Waals surface area (Å²) in [7, 11) is -1.77. The Labute approximate surface area is 181 Å². The number of hydrogen-bond acceptors (Lipinski definition) is 6. The molecule has 0 N–H and O–H groups in total. The Hall–Kier alpha value is -2.26. The number of rotatable bonds is 6. The molecule has 30 heavy (non-hydrogen) atoms. The Balaban J connectivity index is 1.36. The van der Waals surface area contributed by atoms with Crippen LogP contribution in [-0.4, -0.2) is 55.9 Å². The van der Waals surface area contributed by atoms with Crippen LogP contribution < -0.4 is 4.74 Å². The summed E-state index contributed by atoms with van der Waals surface area (Å²) in [5.74, 6) is 0.827. The van der Waals surface area contributed by atoms with Gasteiger partial charge in [0.05, 0.1) is 24.2 Å². The minimum atomic E-state index is -3.43. The van der Waals surface area contributed by atoms with Gasteiger partial charge in [0.25, 0.3) is 0 Å². The van der Waals surface area contributed by atoms with Gasteiger partial charge >= 0.3 is 0 Å². The van der Waals surface area contributed by atoms with Crippen molar-refractivity contribution in [2.75, 3.05) is 33.3 Å². The molecule has 0 radical (unpaired) electrons. The third-order valence-corrected chi connectivity index (χ3v) is 8.03. The van der Waals surface area contributed by atoms with Crippen LogP contribution in [0.15, 0.2) is 58.8 Å². The van der Waals surface area contributed by atoms with Gasteiger partial charge < -0.3 is 4.74 Å². The molecule has 2 heterocycles. The number of thiazole rings is 1. The number of aromatic nitrogens is 1. The molecule has 8 heteroatoms. The summed E-state index contributed by atoms with van der Waals surface area (Å²) in [5.41, 5.74) is 3.07. The Morgan fingerprint density at radius 1 is 1.00 bits per heavy atom. The highest BCUT2D eigenvalue weighted by Crippen LogP contribution is 2.25. The van der Waals surface area contributed by atoms with Gasteiger partial charge in [-0.2, -0.15) is 4.31 Å². The number of benzene rings is 2. The van der Waals surface area contributed by atoms with Gasteiger partial charge in [-0.3, -0.25) is 4.90 Å². The van der Waals surface area contributed by atoms with Crippen molar-refractivity contribution in [3.63, 3.8) is 0 Å². The molecule has 2 aromatic carbocycles. The SMILES string of the molecule is COc1ccc(-c2csc(CN3CCN(S(=O)(=O)c4ccc(C)cc4)CC3)n2)cc1. The first kappa shape index (κ1) is 21.0. The van der Waals surface area contributed by atoms with Crippen LogP contribution in [0.1, 0.15) is 10.6 Å². The lowest BCUT2D eigenvalue weighted by Gasteiger charge is -2.33. The molecule has 0 bridgehead atoms. The molecular formula is C22H25N3O3S2. The predicted octanol–water partition coefficient (Wildman–Crippen LogP) is 3.63. The molecular weight excluding hydrogens is 418 g/mol. The highest BCUT2D eigenvalue weighted by Gasteiger charge is 2.28. The summed E-state index contributed by atoms with van der Waals surface area (Å²) in [4.78, 5) is 7.39. The monoisotopic (exact) mass is 443 g/mol. The number of nitrogens with zero attached hydrogens (tertiary/aromatic N) is 3. The van der Waals surface area contributed by atoms with Crippen molar-refractivity contribution in [2.24, 2.45) is 0 Å². The van der Waals surface area contributed by atoms with Crippen LogP contribution in [0.25, 0.3) is 11.3 Å². The van der Waals surface area contributed by atoms with Gasteiger partial charge in [0.15, 0.2) is 0 Å². The van der Waals surface area contributed by atoms with E-state index in [0.29, 0.717) is 31.1 Å². The normalized spacial score (nSPS) is 15.9. The molecule has 3 aromatic rings. The summed E-state index contributed by atoms with van der Waals surface area (Å²) in [6.45, 7) is 5.07. The Morgan fingerprint density at radius 3 is 2.30 bits per heavy atom. The van der Waals surface area contributed by atoms with Gasteiger partial charge in [0.2, 0.25) is 10.0 Å². The minimum absolute atomic E-state index is 0.366. The van der Waals surface area contributed by atoms with Crippen molar-refractivity contribution in [3.05, 3.63) is 64.5 Å². The lowest BCUT2D eigenvalue weighted by atomic mass is 10.2. The molecule has 0 atom stereocenters. The van der Waals surface area contributed by atoms with Crippen molar-refractivity contribution in [1.82, 2.24) is 14.2 Å². The summed E-state index contributed by atoms with van der Waals surface area (Å²) >= 11 is 1.64. The number of piperazine rings is 1. The van der Waals surface area contributed by atoms with Crippen LogP contribution in [-0.2, 0) is 16.6 Å². The second-order valence-corrected chi connectivity index (χ2v) is 10.2. The maximum Gasteiger partial charge on any atom is 0.243 e. The Morgan fingerprint density at radius 2 is 1.67 bits per heavy atom. The molecule has 0 saturated carbocycles. The standard InChI is InChI=1S/C22H25N3O3S2/c1-17-3-9-20(10-4-17)30(26,27)25-13-11-24(12-14-25)15-22-23-21(16-29-22)18-5-7-19(28-2)8-6-18/h3-10,16H,11-15H2,1-2H3. The van der Waals surface area contributed by atoms with Gasteiger partial charge in [0.1, 0.15) is 10.8 Å². The van der Waals surface area contributed by atoms with Crippen LogP contribution in [0, 0.1) is 6.92 Å². The predicted molar refractivity (Wildman–Crippen MR) is 119 cm³/mol. The minimum Gasteiger partial charge on any atom is -0.497 e. The summed E-state index contributed by atoms with van der Waals surface area (Å²) in [6, 6.07) is 14.9. The number of hydrogen-bond donors (Lipinski definition) is 0. The summed E-state index contributed by atoms with van der Waals surface area (Å²) in [5, 5.41) is 3.10. The molecule has 4 rings (SSSR count). The van der Waals surface area contributed by atoms with Gasteiger partial charge in [-0.1, -0.05) is 17.7 Å². The molecule has 158 valence electrons. The molecule has 0 unspecified atom stereocenters. The van der Waals surface area contributed by atoms with Crippen LogP contribution in [0.4, 0.5) is 0 Å². The Bertz CT molecular complexity index is 1090. The third-order valence-electron chi connectivity index (χ3n) is 5.29. The summed E-state index contributed by atoms with van der Waals surface area (Å²) in [6.07, 6.45) is 0. The molecule has 1 fully saturated rings. The maximum absolute atomic E-state index is 12.9. The zero-order valence-corrected chi connectivity index (χ0v) is 18.7. The van der Waals surface area contributed by atoms with Crippen molar-refractivity contribution < 1.29 is 13.2 Å². The van der Waals surface area contributed by atoms with E-state index in [9.17, 15) is 8.42 Å². The number of aryl methyl sites for hydroxylation is 1. The van der Waals surface area contributed by atoms with E-state index >= 15 is 0 Å². The zero-order valence-electron chi connectivity index (χ0n) is 17.1. The van der Waals surface area contributed by atoms with E-state index in [4.69, 9.17) is 9.72 Å². The fourth-order valence-electron chi connectivity index (χ4n) is 3.46. The van der Waals surface area contributed by atoms with Crippen LogP contribution >= 0.6 is 11.3 Å². The second kappa shape index (κ2) is 8.85. The first-order valence-corrected chi connectivity index (χ1v) is 12.2. The van der Waals surface area contributed by atoms with Gasteiger partial charge in [-0.15, -0.1) is 11.3 Å². The lowest BCUT2D eigenvalue weighted by molar-refractivity contribution is 0.181. The number of ether oxygens (including phenoxy) is 1. The topological polar surface area (TPSA) is 62.7 Å². The van der Waals surface area contributed by atoms with Gasteiger partial charge in [-0.05, 0) is 43.3 Å². The molecule has 0 aliphatic carbocycles. The molecule has 1 aliphatic rings. The molecule has 1 saturated heterocycles. The lowest BCUT2D eigenvalue weighted by Crippen LogP contribution is -2.48. The quantitative estimate of drug-likeness (QED) is 0.582. The van der Waals surface area contributed by atoms with E-state index in [1.165, 1.54) is 0 Å². The second-order valence-electron chi connectivity index (χ2n) is 7.35. The van der Waals surface area contributed by atoms with Crippen LogP contribution in [0.2, 0.25) is 0 Å².